The Morgan fingerprint density at radius 1 is 0.600 bits per heavy atom. The molecule has 5 rings (SSSR count). The maximum Gasteiger partial charge on any atom is 0.127 e. The molecule has 0 amide bonds. The van der Waals surface area contributed by atoms with E-state index in [0.717, 1.165) is 23.0 Å². The first-order chi connectivity index (χ1) is 14.7. The van der Waals surface area contributed by atoms with E-state index < -0.39 is 0 Å². The van der Waals surface area contributed by atoms with Crippen molar-refractivity contribution in [3.63, 3.8) is 0 Å². The highest BCUT2D eigenvalue weighted by Gasteiger charge is 2.43. The Bertz CT molecular complexity index is 1020. The van der Waals surface area contributed by atoms with Gasteiger partial charge in [-0.3, -0.25) is 30.6 Å². The zero-order valence-electron chi connectivity index (χ0n) is 16.7. The summed E-state index contributed by atoms with van der Waals surface area (Å²) in [6.07, 6.45) is 17.8. The van der Waals surface area contributed by atoms with Crippen molar-refractivity contribution in [1.82, 2.24) is 49.7 Å². The number of nitrogens with zero attached hydrogens (tertiary/aromatic N) is 8. The van der Waals surface area contributed by atoms with Crippen molar-refractivity contribution in [1.29, 1.82) is 0 Å². The van der Waals surface area contributed by atoms with Crippen LogP contribution in [-0.4, -0.2) is 39.0 Å². The first-order valence-corrected chi connectivity index (χ1v) is 9.70. The van der Waals surface area contributed by atoms with Crippen LogP contribution < -0.4 is 10.6 Å². The summed E-state index contributed by atoms with van der Waals surface area (Å²) >= 11 is 0. The van der Waals surface area contributed by atoms with Gasteiger partial charge >= 0.3 is 0 Å². The lowest BCUT2D eigenvalue weighted by Crippen LogP contribution is -2.51. The maximum absolute atomic E-state index is 4.61. The van der Waals surface area contributed by atoms with Crippen LogP contribution in [0.1, 0.15) is 47.2 Å². The number of hydrogen-bond acceptors (Lipinski definition) is 8. The number of aromatic nitrogens is 8. The van der Waals surface area contributed by atoms with Crippen LogP contribution in [0.4, 0.5) is 0 Å². The molecule has 1 saturated heterocycles. The molecule has 0 aromatic carbocycles. The van der Waals surface area contributed by atoms with Gasteiger partial charge in [-0.05, 0) is 0 Å². The summed E-state index contributed by atoms with van der Waals surface area (Å²) in [7, 11) is 3.98. The molecule has 152 valence electrons. The van der Waals surface area contributed by atoms with Gasteiger partial charge in [0.15, 0.2) is 0 Å². The minimum absolute atomic E-state index is 0.147. The SMILES string of the molecule is Cn1ccnc1[C@@H]1N[C@H](c2cnccn2)[C@@H](c2cnccn2)N[C@H]1c1nccn1C. The van der Waals surface area contributed by atoms with E-state index in [4.69, 9.17) is 0 Å². The highest BCUT2D eigenvalue weighted by atomic mass is 15.2. The number of nitrogens with one attached hydrogen (secondary N) is 2. The van der Waals surface area contributed by atoms with E-state index in [1.807, 2.05) is 35.6 Å². The Labute approximate surface area is 173 Å². The van der Waals surface area contributed by atoms with Gasteiger partial charge in [-0.2, -0.15) is 0 Å². The highest BCUT2D eigenvalue weighted by molar-refractivity contribution is 5.22. The summed E-state index contributed by atoms with van der Waals surface area (Å²) in [5.74, 6) is 1.81. The van der Waals surface area contributed by atoms with Gasteiger partial charge in [0, 0.05) is 63.7 Å². The summed E-state index contributed by atoms with van der Waals surface area (Å²) in [6.45, 7) is 0. The molecule has 5 heterocycles. The van der Waals surface area contributed by atoms with E-state index in [1.54, 1.807) is 49.6 Å². The largest absolute Gasteiger partial charge is 0.337 e. The molecule has 4 aromatic heterocycles. The first kappa shape index (κ1) is 18.5. The van der Waals surface area contributed by atoms with E-state index in [1.165, 1.54) is 0 Å². The van der Waals surface area contributed by atoms with Crippen molar-refractivity contribution in [3.8, 4) is 0 Å². The third-order valence-corrected chi connectivity index (χ3v) is 5.46. The number of hydrogen-bond donors (Lipinski definition) is 2. The average molecular weight is 402 g/mol. The topological polar surface area (TPSA) is 111 Å². The molecule has 0 spiro atoms. The molecule has 10 heteroatoms. The smallest absolute Gasteiger partial charge is 0.127 e. The summed E-state index contributed by atoms with van der Waals surface area (Å²) in [6, 6.07) is -0.667. The molecule has 2 N–H and O–H groups in total. The van der Waals surface area contributed by atoms with E-state index in [9.17, 15) is 0 Å². The van der Waals surface area contributed by atoms with Crippen LogP contribution in [0.15, 0.2) is 62.0 Å². The van der Waals surface area contributed by atoms with Gasteiger partial charge in [0.1, 0.15) is 11.6 Å². The van der Waals surface area contributed by atoms with Crippen LogP contribution >= 0.6 is 0 Å². The van der Waals surface area contributed by atoms with Gasteiger partial charge in [0.25, 0.3) is 0 Å². The Morgan fingerprint density at radius 2 is 1.07 bits per heavy atom. The number of imidazole rings is 2. The predicted octanol–water partition coefficient (Wildman–Crippen LogP) is 1.19. The molecule has 0 aliphatic carbocycles. The molecule has 0 unspecified atom stereocenters. The lowest BCUT2D eigenvalue weighted by Gasteiger charge is -2.42. The molecule has 0 saturated carbocycles. The Kier molecular flexibility index (Phi) is 4.77. The second kappa shape index (κ2) is 7.73. The van der Waals surface area contributed by atoms with Gasteiger partial charge in [-0.25, -0.2) is 9.97 Å². The van der Waals surface area contributed by atoms with Gasteiger partial charge in [-0.15, -0.1) is 0 Å². The highest BCUT2D eigenvalue weighted by Crippen LogP contribution is 2.40. The molecule has 4 aromatic rings. The van der Waals surface area contributed by atoms with E-state index >= 15 is 0 Å². The summed E-state index contributed by atoms with van der Waals surface area (Å²) in [4.78, 5) is 26.9. The quantitative estimate of drug-likeness (QED) is 0.524. The molecule has 30 heavy (non-hydrogen) atoms. The standard InChI is InChI=1S/C20H22N10/c1-29-9-7-25-19(29)17-18(20-26-8-10-30(20)2)28-16(14-12-22-4-6-24-14)15(27-17)13-11-21-3-5-23-13/h3-12,15-18,27-28H,1-2H3/t15-,16-,17-,18-/m1/s1. The van der Waals surface area contributed by atoms with E-state index in [-0.39, 0.29) is 24.2 Å². The third-order valence-electron chi connectivity index (χ3n) is 5.46. The number of piperazine rings is 1. The maximum atomic E-state index is 4.61. The normalized spacial score (nSPS) is 24.1. The Balaban J connectivity index is 1.63. The van der Waals surface area contributed by atoms with Gasteiger partial charge in [-0.1, -0.05) is 0 Å². The molecule has 1 aliphatic rings. The summed E-state index contributed by atoms with van der Waals surface area (Å²) < 4.78 is 4.04. The minimum Gasteiger partial charge on any atom is -0.337 e. The fourth-order valence-electron chi connectivity index (χ4n) is 4.03. The van der Waals surface area contributed by atoms with Gasteiger partial charge in [0.05, 0.1) is 47.9 Å². The second-order valence-corrected chi connectivity index (χ2v) is 7.30. The molecule has 4 atom stereocenters. The summed E-state index contributed by atoms with van der Waals surface area (Å²) in [5.41, 5.74) is 1.64. The van der Waals surface area contributed by atoms with Crippen LogP contribution in [0.5, 0.6) is 0 Å². The van der Waals surface area contributed by atoms with Crippen LogP contribution in [0, 0.1) is 0 Å². The predicted molar refractivity (Wildman–Crippen MR) is 108 cm³/mol. The molecule has 1 fully saturated rings. The van der Waals surface area contributed by atoms with Crippen molar-refractivity contribution in [3.05, 3.63) is 85.0 Å². The van der Waals surface area contributed by atoms with Crippen molar-refractivity contribution in [2.75, 3.05) is 0 Å². The molecule has 0 bridgehead atoms. The minimum atomic E-state index is -0.186. The van der Waals surface area contributed by atoms with Gasteiger partial charge < -0.3 is 9.13 Å². The van der Waals surface area contributed by atoms with Crippen molar-refractivity contribution in [2.24, 2.45) is 14.1 Å². The van der Waals surface area contributed by atoms with Crippen LogP contribution in [0.2, 0.25) is 0 Å². The van der Waals surface area contributed by atoms with Crippen LogP contribution in [0.3, 0.4) is 0 Å². The molecule has 10 nitrogen and oxygen atoms in total. The zero-order chi connectivity index (χ0) is 20.5. The first-order valence-electron chi connectivity index (χ1n) is 9.70. The third kappa shape index (κ3) is 3.25. The van der Waals surface area contributed by atoms with Gasteiger partial charge in [0.2, 0.25) is 0 Å². The van der Waals surface area contributed by atoms with Crippen molar-refractivity contribution >= 4 is 0 Å². The van der Waals surface area contributed by atoms with Crippen molar-refractivity contribution < 1.29 is 0 Å². The average Bonchev–Trinajstić information content (AvgIpc) is 3.42. The molecule has 1 aliphatic heterocycles. The van der Waals surface area contributed by atoms with Crippen LogP contribution in [-0.2, 0) is 14.1 Å². The molecular weight excluding hydrogens is 380 g/mol. The second-order valence-electron chi connectivity index (χ2n) is 7.30. The lowest BCUT2D eigenvalue weighted by atomic mass is 9.91. The molecule has 0 radical (unpaired) electrons. The lowest BCUT2D eigenvalue weighted by molar-refractivity contribution is 0.189. The zero-order valence-corrected chi connectivity index (χ0v) is 16.7. The van der Waals surface area contributed by atoms with Crippen molar-refractivity contribution in [2.45, 2.75) is 24.2 Å². The number of rotatable bonds is 4. The molecular formula is C20H22N10. The van der Waals surface area contributed by atoms with E-state index in [0.29, 0.717) is 0 Å². The fraction of sp³-hybridized carbons (Fsp3) is 0.300. The fourth-order valence-corrected chi connectivity index (χ4v) is 4.03. The summed E-state index contributed by atoms with van der Waals surface area (Å²) in [5, 5.41) is 7.52. The number of aryl methyl sites for hydroxylation is 2. The monoisotopic (exact) mass is 402 g/mol. The van der Waals surface area contributed by atoms with E-state index in [2.05, 4.69) is 40.5 Å². The Morgan fingerprint density at radius 3 is 1.40 bits per heavy atom. The van der Waals surface area contributed by atoms with Crippen LogP contribution in [0.25, 0.3) is 0 Å². The Hall–Kier alpha value is -3.50.